The maximum atomic E-state index is 13.6. The highest BCUT2D eigenvalue weighted by Crippen LogP contribution is 2.18. The van der Waals surface area contributed by atoms with Gasteiger partial charge in [0.05, 0.1) is 12.7 Å². The Morgan fingerprint density at radius 2 is 1.68 bits per heavy atom. The second-order valence-electron chi connectivity index (χ2n) is 8.13. The van der Waals surface area contributed by atoms with Gasteiger partial charge in [-0.25, -0.2) is 4.39 Å². The minimum atomic E-state index is -0.254. The first-order valence-corrected chi connectivity index (χ1v) is 10.5. The number of carbonyl (C=O) groups is 2. The lowest BCUT2D eigenvalue weighted by atomic mass is 10.1. The average molecular weight is 431 g/mol. The van der Waals surface area contributed by atoms with E-state index in [1.165, 1.54) is 26.8 Å². The Bertz CT molecular complexity index is 910. The van der Waals surface area contributed by atoms with Crippen LogP contribution in [0.2, 0.25) is 0 Å². The Balaban J connectivity index is 1.46. The minimum Gasteiger partial charge on any atom is -0.496 e. The molecule has 31 heavy (non-hydrogen) atoms. The number of hydrogen-bond donors (Lipinski definition) is 3. The van der Waals surface area contributed by atoms with Crippen molar-refractivity contribution in [2.75, 3.05) is 59.2 Å². The summed E-state index contributed by atoms with van der Waals surface area (Å²) in [7, 11) is 5.01. The molecule has 2 aromatic rings. The summed E-state index contributed by atoms with van der Waals surface area (Å²) >= 11 is 0. The maximum absolute atomic E-state index is 13.6. The second kappa shape index (κ2) is 10.4. The van der Waals surface area contributed by atoms with Gasteiger partial charge in [-0.3, -0.25) is 9.59 Å². The fourth-order valence-corrected chi connectivity index (χ4v) is 3.85. The SMILES string of the molecule is COc1ccc(F)cc1C[NH+]1CC[NH+](CC(=O)Nc2ccc(C(=O)N(C)C)cc2)CC1. The predicted molar refractivity (Wildman–Crippen MR) is 116 cm³/mol. The van der Waals surface area contributed by atoms with Crippen molar-refractivity contribution >= 4 is 17.5 Å². The molecule has 8 heteroatoms. The number of amides is 2. The molecule has 0 bridgehead atoms. The molecule has 1 heterocycles. The third-order valence-corrected chi connectivity index (χ3v) is 5.58. The number of anilines is 1. The second-order valence-corrected chi connectivity index (χ2v) is 8.13. The molecule has 3 N–H and O–H groups in total. The van der Waals surface area contributed by atoms with Crippen molar-refractivity contribution in [3.8, 4) is 5.75 Å². The molecule has 7 nitrogen and oxygen atoms in total. The molecule has 1 fully saturated rings. The van der Waals surface area contributed by atoms with E-state index in [1.54, 1.807) is 51.5 Å². The minimum absolute atomic E-state index is 0.0445. The highest BCUT2D eigenvalue weighted by molar-refractivity contribution is 5.95. The van der Waals surface area contributed by atoms with Crippen LogP contribution in [0.3, 0.4) is 0 Å². The zero-order valence-corrected chi connectivity index (χ0v) is 18.3. The van der Waals surface area contributed by atoms with Crippen molar-refractivity contribution in [1.82, 2.24) is 4.90 Å². The number of hydrogen-bond acceptors (Lipinski definition) is 3. The molecule has 2 aromatic carbocycles. The summed E-state index contributed by atoms with van der Waals surface area (Å²) < 4.78 is 18.9. The number of nitrogens with one attached hydrogen (secondary N) is 3. The average Bonchev–Trinajstić information content (AvgIpc) is 2.75. The number of methoxy groups -OCH3 is 1. The highest BCUT2D eigenvalue weighted by atomic mass is 19.1. The van der Waals surface area contributed by atoms with Crippen LogP contribution in [0.25, 0.3) is 0 Å². The van der Waals surface area contributed by atoms with Crippen LogP contribution in [0.5, 0.6) is 5.75 Å². The third-order valence-electron chi connectivity index (χ3n) is 5.58. The Kier molecular flexibility index (Phi) is 7.59. The van der Waals surface area contributed by atoms with Crippen molar-refractivity contribution in [3.05, 3.63) is 59.4 Å². The molecule has 2 amide bonds. The molecule has 3 rings (SSSR count). The first kappa shape index (κ1) is 22.7. The first-order valence-electron chi connectivity index (χ1n) is 10.5. The third kappa shape index (κ3) is 6.26. The zero-order chi connectivity index (χ0) is 22.4. The number of nitrogens with zero attached hydrogens (tertiary/aromatic N) is 1. The largest absolute Gasteiger partial charge is 0.496 e. The van der Waals surface area contributed by atoms with Gasteiger partial charge in [-0.15, -0.1) is 0 Å². The lowest BCUT2D eigenvalue weighted by Crippen LogP contribution is -3.28. The number of rotatable bonds is 7. The molecule has 0 spiro atoms. The van der Waals surface area contributed by atoms with E-state index >= 15 is 0 Å². The number of halogens is 1. The highest BCUT2D eigenvalue weighted by Gasteiger charge is 2.26. The van der Waals surface area contributed by atoms with Gasteiger partial charge in [0, 0.05) is 25.3 Å². The van der Waals surface area contributed by atoms with Gasteiger partial charge >= 0.3 is 0 Å². The van der Waals surface area contributed by atoms with Crippen LogP contribution in [0.1, 0.15) is 15.9 Å². The van der Waals surface area contributed by atoms with E-state index in [2.05, 4.69) is 5.32 Å². The summed E-state index contributed by atoms with van der Waals surface area (Å²) in [6.45, 7) is 4.66. The van der Waals surface area contributed by atoms with Crippen LogP contribution in [0.4, 0.5) is 10.1 Å². The van der Waals surface area contributed by atoms with Crippen LogP contribution in [-0.4, -0.2) is 70.6 Å². The normalized spacial score (nSPS) is 18.3. The fraction of sp³-hybridized carbons (Fsp3) is 0.391. The van der Waals surface area contributed by atoms with Crippen LogP contribution >= 0.6 is 0 Å². The van der Waals surface area contributed by atoms with Gasteiger partial charge in [0.25, 0.3) is 11.8 Å². The van der Waals surface area contributed by atoms with E-state index in [-0.39, 0.29) is 17.6 Å². The van der Waals surface area contributed by atoms with E-state index in [0.29, 0.717) is 30.1 Å². The molecule has 0 aromatic heterocycles. The van der Waals surface area contributed by atoms with Crippen molar-refractivity contribution in [1.29, 1.82) is 0 Å². The number of quaternary nitrogens is 2. The van der Waals surface area contributed by atoms with Gasteiger partial charge < -0.3 is 24.8 Å². The van der Waals surface area contributed by atoms with Gasteiger partial charge in [0.2, 0.25) is 0 Å². The fourth-order valence-electron chi connectivity index (χ4n) is 3.85. The van der Waals surface area contributed by atoms with Gasteiger partial charge in [0.1, 0.15) is 44.3 Å². The molecule has 166 valence electrons. The van der Waals surface area contributed by atoms with E-state index < -0.39 is 0 Å². The predicted octanol–water partition coefficient (Wildman–Crippen LogP) is -0.542. The quantitative estimate of drug-likeness (QED) is 0.553. The van der Waals surface area contributed by atoms with Crippen LogP contribution in [-0.2, 0) is 11.3 Å². The van der Waals surface area contributed by atoms with Gasteiger partial charge in [-0.05, 0) is 42.5 Å². The number of carbonyl (C=O) groups excluding carboxylic acids is 2. The topological polar surface area (TPSA) is 67.5 Å². The van der Waals surface area contributed by atoms with Gasteiger partial charge in [0.15, 0.2) is 6.54 Å². The molecular formula is C23H31FN4O3+2. The standard InChI is InChI=1S/C23H29FN4O3/c1-26(2)23(30)17-4-7-20(8-5-17)25-22(29)16-28-12-10-27(11-13-28)15-18-14-19(24)6-9-21(18)31-3/h4-9,14H,10-13,15-16H2,1-3H3,(H,25,29)/p+2. The van der Waals surface area contributed by atoms with Crippen molar-refractivity contribution < 1.29 is 28.5 Å². The summed E-state index contributed by atoms with van der Waals surface area (Å²) in [5.74, 6) is 0.340. The molecule has 1 aliphatic rings. The molecule has 1 aliphatic heterocycles. The van der Waals surface area contributed by atoms with Crippen molar-refractivity contribution in [2.24, 2.45) is 0 Å². The molecule has 0 atom stereocenters. The monoisotopic (exact) mass is 430 g/mol. The Labute approximate surface area is 182 Å². The molecule has 0 aliphatic carbocycles. The van der Waals surface area contributed by atoms with Gasteiger partial charge in [-0.2, -0.15) is 0 Å². The van der Waals surface area contributed by atoms with Crippen molar-refractivity contribution in [3.63, 3.8) is 0 Å². The van der Waals surface area contributed by atoms with E-state index in [1.807, 2.05) is 0 Å². The summed E-state index contributed by atoms with van der Waals surface area (Å²) in [5.41, 5.74) is 2.14. The molecular weight excluding hydrogens is 399 g/mol. The van der Waals surface area contributed by atoms with E-state index in [4.69, 9.17) is 4.74 Å². The molecule has 0 saturated carbocycles. The smallest absolute Gasteiger partial charge is 0.279 e. The Morgan fingerprint density at radius 1 is 1.03 bits per heavy atom. The number of ether oxygens (including phenoxy) is 1. The summed E-state index contributed by atoms with van der Waals surface area (Å²) in [6, 6.07) is 11.5. The molecule has 0 radical (unpaired) electrons. The summed E-state index contributed by atoms with van der Waals surface area (Å²) in [6.07, 6.45) is 0. The lowest BCUT2D eigenvalue weighted by molar-refractivity contribution is -1.02. The summed E-state index contributed by atoms with van der Waals surface area (Å²) in [5, 5.41) is 2.91. The molecule has 0 unspecified atom stereocenters. The van der Waals surface area contributed by atoms with Gasteiger partial charge in [-0.1, -0.05) is 0 Å². The van der Waals surface area contributed by atoms with E-state index in [0.717, 1.165) is 31.7 Å². The first-order chi connectivity index (χ1) is 14.9. The van der Waals surface area contributed by atoms with Crippen molar-refractivity contribution in [2.45, 2.75) is 6.54 Å². The van der Waals surface area contributed by atoms with Crippen LogP contribution in [0.15, 0.2) is 42.5 Å². The zero-order valence-electron chi connectivity index (χ0n) is 18.3. The van der Waals surface area contributed by atoms with Crippen LogP contribution < -0.4 is 19.9 Å². The Morgan fingerprint density at radius 3 is 2.29 bits per heavy atom. The summed E-state index contributed by atoms with van der Waals surface area (Å²) in [4.78, 5) is 28.5. The lowest BCUT2D eigenvalue weighted by Gasteiger charge is -2.29. The number of piperazine rings is 1. The maximum Gasteiger partial charge on any atom is 0.279 e. The van der Waals surface area contributed by atoms with E-state index in [9.17, 15) is 14.0 Å². The Hall–Kier alpha value is -2.97. The number of benzene rings is 2. The van der Waals surface area contributed by atoms with Crippen LogP contribution in [0, 0.1) is 5.82 Å². The molecule has 1 saturated heterocycles.